The number of β-amino-alcohol motifs (C(OH)–C–C–N with tert-alkyl or cyclic N) is 1. The fourth-order valence-corrected chi connectivity index (χ4v) is 3.02. The minimum absolute atomic E-state index is 0.183. The Kier molecular flexibility index (Phi) is 5.86. The van der Waals surface area contributed by atoms with Crippen LogP contribution in [0, 0.1) is 0 Å². The van der Waals surface area contributed by atoms with Gasteiger partial charge in [0.05, 0.1) is 6.10 Å². The monoisotopic (exact) mass is 327 g/mol. The molecule has 1 heterocycles. The van der Waals surface area contributed by atoms with Crippen molar-refractivity contribution >= 4 is 0 Å². The third-order valence-corrected chi connectivity index (χ3v) is 4.43. The molecule has 1 atom stereocenters. The second-order valence-corrected chi connectivity index (χ2v) is 6.39. The molecule has 4 heteroatoms. The molecule has 2 aromatic rings. The number of hydrogen-bond donors (Lipinski definition) is 2. The molecule has 1 unspecified atom stereocenters. The van der Waals surface area contributed by atoms with Crippen LogP contribution in [0.5, 0.6) is 5.75 Å². The molecular weight excluding hydrogens is 302 g/mol. The molecular formula is C20H25NO3. The average Bonchev–Trinajstić information content (AvgIpc) is 2.63. The normalized spacial score (nSPS) is 17.6. The summed E-state index contributed by atoms with van der Waals surface area (Å²) in [5.41, 5.74) is 2.33. The summed E-state index contributed by atoms with van der Waals surface area (Å²) in [6.07, 6.45) is 0.870. The standard InChI is InChI=1S/C20H25NO3/c22-18-10-12-21(13-11-18)14-19(23)15-24-20-8-6-17(7-9-20)16-4-2-1-3-5-16/h1-9,18-19,22-23H,10-15H2. The number of nitrogens with zero attached hydrogens (tertiary/aromatic N) is 1. The quantitative estimate of drug-likeness (QED) is 0.856. The van der Waals surface area contributed by atoms with E-state index in [1.54, 1.807) is 0 Å². The highest BCUT2D eigenvalue weighted by Gasteiger charge is 2.19. The van der Waals surface area contributed by atoms with Crippen molar-refractivity contribution in [1.29, 1.82) is 0 Å². The lowest BCUT2D eigenvalue weighted by Gasteiger charge is -2.30. The summed E-state index contributed by atoms with van der Waals surface area (Å²) in [5, 5.41) is 19.6. The van der Waals surface area contributed by atoms with Crippen LogP contribution in [-0.2, 0) is 0 Å². The van der Waals surface area contributed by atoms with Gasteiger partial charge < -0.3 is 19.8 Å². The molecule has 1 fully saturated rings. The van der Waals surface area contributed by atoms with Gasteiger partial charge in [-0.05, 0) is 36.1 Å². The van der Waals surface area contributed by atoms with Crippen LogP contribution in [0.1, 0.15) is 12.8 Å². The molecule has 3 rings (SSSR count). The first kappa shape index (κ1) is 17.0. The summed E-state index contributed by atoms with van der Waals surface area (Å²) in [5.74, 6) is 0.766. The Morgan fingerprint density at radius 3 is 2.25 bits per heavy atom. The van der Waals surface area contributed by atoms with Gasteiger partial charge in [0.25, 0.3) is 0 Å². The number of piperidine rings is 1. The second kappa shape index (κ2) is 8.29. The molecule has 0 amide bonds. The van der Waals surface area contributed by atoms with Gasteiger partial charge >= 0.3 is 0 Å². The maximum absolute atomic E-state index is 10.1. The summed E-state index contributed by atoms with van der Waals surface area (Å²) in [6.45, 7) is 2.55. The van der Waals surface area contributed by atoms with Crippen molar-refractivity contribution in [3.05, 3.63) is 54.6 Å². The zero-order valence-electron chi connectivity index (χ0n) is 13.8. The van der Waals surface area contributed by atoms with Crippen molar-refractivity contribution in [3.8, 4) is 16.9 Å². The van der Waals surface area contributed by atoms with Gasteiger partial charge in [-0.25, -0.2) is 0 Å². The molecule has 0 aromatic heterocycles. The van der Waals surface area contributed by atoms with E-state index in [0.29, 0.717) is 6.54 Å². The van der Waals surface area contributed by atoms with E-state index in [0.717, 1.165) is 37.2 Å². The van der Waals surface area contributed by atoms with Gasteiger partial charge in [0, 0.05) is 19.6 Å². The first-order valence-corrected chi connectivity index (χ1v) is 8.57. The van der Waals surface area contributed by atoms with Crippen LogP contribution in [0.4, 0.5) is 0 Å². The molecule has 0 radical (unpaired) electrons. The maximum Gasteiger partial charge on any atom is 0.119 e. The molecule has 128 valence electrons. The lowest BCUT2D eigenvalue weighted by Crippen LogP contribution is -2.41. The number of aliphatic hydroxyl groups is 2. The predicted octanol–water partition coefficient (Wildman–Crippen LogP) is 2.55. The van der Waals surface area contributed by atoms with Gasteiger partial charge in [0.1, 0.15) is 18.5 Å². The smallest absolute Gasteiger partial charge is 0.119 e. The number of likely N-dealkylation sites (tertiary alicyclic amines) is 1. The molecule has 2 N–H and O–H groups in total. The number of hydrogen-bond acceptors (Lipinski definition) is 4. The Labute approximate surface area is 143 Å². The molecule has 1 aliphatic heterocycles. The first-order valence-electron chi connectivity index (χ1n) is 8.57. The summed E-state index contributed by atoms with van der Waals surface area (Å²) < 4.78 is 5.70. The van der Waals surface area contributed by atoms with Crippen LogP contribution in [0.3, 0.4) is 0 Å². The molecule has 24 heavy (non-hydrogen) atoms. The van der Waals surface area contributed by atoms with Crippen molar-refractivity contribution in [3.63, 3.8) is 0 Å². The largest absolute Gasteiger partial charge is 0.491 e. The Balaban J connectivity index is 1.46. The van der Waals surface area contributed by atoms with E-state index in [1.165, 1.54) is 5.56 Å². The second-order valence-electron chi connectivity index (χ2n) is 6.39. The van der Waals surface area contributed by atoms with E-state index in [4.69, 9.17) is 4.74 Å². The average molecular weight is 327 g/mol. The summed E-state index contributed by atoms with van der Waals surface area (Å²) >= 11 is 0. The Bertz CT molecular complexity index is 607. The highest BCUT2D eigenvalue weighted by atomic mass is 16.5. The van der Waals surface area contributed by atoms with Gasteiger partial charge in [0.15, 0.2) is 0 Å². The van der Waals surface area contributed by atoms with Crippen LogP contribution in [0.15, 0.2) is 54.6 Å². The number of ether oxygens (including phenoxy) is 1. The van der Waals surface area contributed by atoms with Crippen LogP contribution in [0.25, 0.3) is 11.1 Å². The van der Waals surface area contributed by atoms with Gasteiger partial charge in [-0.1, -0.05) is 42.5 Å². The van der Waals surface area contributed by atoms with Gasteiger partial charge in [-0.15, -0.1) is 0 Å². The van der Waals surface area contributed by atoms with Gasteiger partial charge in [-0.2, -0.15) is 0 Å². The van der Waals surface area contributed by atoms with E-state index in [9.17, 15) is 10.2 Å². The van der Waals surface area contributed by atoms with E-state index >= 15 is 0 Å². The third-order valence-electron chi connectivity index (χ3n) is 4.43. The Morgan fingerprint density at radius 2 is 1.58 bits per heavy atom. The zero-order chi connectivity index (χ0) is 16.8. The summed E-state index contributed by atoms with van der Waals surface area (Å²) in [4.78, 5) is 2.18. The predicted molar refractivity (Wildman–Crippen MR) is 95.1 cm³/mol. The van der Waals surface area contributed by atoms with Crippen molar-refractivity contribution in [2.75, 3.05) is 26.2 Å². The van der Waals surface area contributed by atoms with Crippen LogP contribution < -0.4 is 4.74 Å². The van der Waals surface area contributed by atoms with Crippen LogP contribution in [-0.4, -0.2) is 53.6 Å². The number of aliphatic hydroxyl groups excluding tert-OH is 2. The molecule has 0 spiro atoms. The van der Waals surface area contributed by atoms with E-state index in [1.807, 2.05) is 42.5 Å². The summed E-state index contributed by atoms with van der Waals surface area (Å²) in [6, 6.07) is 18.1. The van der Waals surface area contributed by atoms with Crippen LogP contribution in [0.2, 0.25) is 0 Å². The van der Waals surface area contributed by atoms with Crippen LogP contribution >= 0.6 is 0 Å². The van der Waals surface area contributed by atoms with Crippen molar-refractivity contribution in [1.82, 2.24) is 4.90 Å². The molecule has 0 saturated carbocycles. The van der Waals surface area contributed by atoms with E-state index in [-0.39, 0.29) is 12.7 Å². The topological polar surface area (TPSA) is 52.9 Å². The van der Waals surface area contributed by atoms with E-state index < -0.39 is 6.10 Å². The SMILES string of the molecule is OC1CCN(CC(O)COc2ccc(-c3ccccc3)cc2)CC1. The fourth-order valence-electron chi connectivity index (χ4n) is 3.02. The molecule has 1 saturated heterocycles. The lowest BCUT2D eigenvalue weighted by atomic mass is 10.1. The van der Waals surface area contributed by atoms with E-state index in [2.05, 4.69) is 17.0 Å². The van der Waals surface area contributed by atoms with Crippen molar-refractivity contribution < 1.29 is 14.9 Å². The number of rotatable bonds is 6. The zero-order valence-corrected chi connectivity index (χ0v) is 13.8. The maximum atomic E-state index is 10.1. The first-order chi connectivity index (χ1) is 11.7. The highest BCUT2D eigenvalue weighted by Crippen LogP contribution is 2.22. The van der Waals surface area contributed by atoms with Crippen molar-refractivity contribution in [2.24, 2.45) is 0 Å². The van der Waals surface area contributed by atoms with Crippen molar-refractivity contribution in [2.45, 2.75) is 25.0 Å². The minimum Gasteiger partial charge on any atom is -0.491 e. The molecule has 0 bridgehead atoms. The van der Waals surface area contributed by atoms with Gasteiger partial charge in [-0.3, -0.25) is 0 Å². The molecule has 1 aliphatic rings. The minimum atomic E-state index is -0.519. The number of benzene rings is 2. The molecule has 0 aliphatic carbocycles. The third kappa shape index (κ3) is 4.81. The fraction of sp³-hybridized carbons (Fsp3) is 0.400. The molecule has 2 aromatic carbocycles. The summed E-state index contributed by atoms with van der Waals surface area (Å²) in [7, 11) is 0. The Morgan fingerprint density at radius 1 is 0.958 bits per heavy atom. The Hall–Kier alpha value is -1.88. The lowest BCUT2D eigenvalue weighted by molar-refractivity contribution is 0.0338. The van der Waals surface area contributed by atoms with Gasteiger partial charge in [0.2, 0.25) is 0 Å². The molecule has 4 nitrogen and oxygen atoms in total. The highest BCUT2D eigenvalue weighted by molar-refractivity contribution is 5.63.